The quantitative estimate of drug-likeness (QED) is 0.276. The van der Waals surface area contributed by atoms with Crippen molar-refractivity contribution in [1.29, 1.82) is 0 Å². The molecule has 0 fully saturated rings. The van der Waals surface area contributed by atoms with Gasteiger partial charge in [-0.3, -0.25) is 0 Å². The lowest BCUT2D eigenvalue weighted by atomic mass is 10.0. The molecular formula is C26H25NO3. The van der Waals surface area contributed by atoms with Gasteiger partial charge in [-0.25, -0.2) is 4.98 Å². The highest BCUT2D eigenvalue weighted by atomic mass is 16.7. The average Bonchev–Trinajstić information content (AvgIpc) is 2.79. The first-order valence-electron chi connectivity index (χ1n) is 10.1. The molecular weight excluding hydrogens is 374 g/mol. The normalized spacial score (nSPS) is 11.0. The van der Waals surface area contributed by atoms with Gasteiger partial charge in [0.25, 0.3) is 0 Å². The van der Waals surface area contributed by atoms with Crippen LogP contribution in [0.15, 0.2) is 84.9 Å². The van der Waals surface area contributed by atoms with Crippen molar-refractivity contribution in [2.45, 2.75) is 6.42 Å². The van der Waals surface area contributed by atoms with Gasteiger partial charge in [0.1, 0.15) is 11.3 Å². The lowest BCUT2D eigenvalue weighted by Crippen LogP contribution is -2.08. The fourth-order valence-electron chi connectivity index (χ4n) is 3.38. The standard InChI is InChI=1S/C26H25NO3/c1-28-15-16-29-19-30-25-12-6-10-22-13-14-24(27-26(22)25)23-11-5-9-21(18-23)17-20-7-3-2-4-8-20/h2-14,18H,15-17,19H2,1H3. The minimum atomic E-state index is 0.168. The van der Waals surface area contributed by atoms with Crippen LogP contribution in [0.5, 0.6) is 5.75 Å². The van der Waals surface area contributed by atoms with E-state index in [0.29, 0.717) is 19.0 Å². The van der Waals surface area contributed by atoms with Gasteiger partial charge < -0.3 is 14.2 Å². The molecule has 4 aromatic rings. The maximum Gasteiger partial charge on any atom is 0.189 e. The monoisotopic (exact) mass is 399 g/mol. The minimum Gasteiger partial charge on any atom is -0.465 e. The first-order chi connectivity index (χ1) is 14.8. The third kappa shape index (κ3) is 5.03. The third-order valence-electron chi connectivity index (χ3n) is 4.89. The summed E-state index contributed by atoms with van der Waals surface area (Å²) in [6.07, 6.45) is 0.898. The van der Waals surface area contributed by atoms with Gasteiger partial charge in [0.2, 0.25) is 0 Å². The summed E-state index contributed by atoms with van der Waals surface area (Å²) in [5, 5.41) is 1.04. The molecule has 3 aromatic carbocycles. The summed E-state index contributed by atoms with van der Waals surface area (Å²) in [5.74, 6) is 0.715. The van der Waals surface area contributed by atoms with Crippen molar-refractivity contribution in [1.82, 2.24) is 4.98 Å². The molecule has 0 radical (unpaired) electrons. The van der Waals surface area contributed by atoms with Crippen LogP contribution < -0.4 is 4.74 Å². The van der Waals surface area contributed by atoms with E-state index in [1.165, 1.54) is 11.1 Å². The zero-order valence-corrected chi connectivity index (χ0v) is 17.1. The van der Waals surface area contributed by atoms with Gasteiger partial charge in [-0.2, -0.15) is 0 Å². The summed E-state index contributed by atoms with van der Waals surface area (Å²) in [5.41, 5.74) is 5.41. The first kappa shape index (κ1) is 20.1. The average molecular weight is 399 g/mol. The van der Waals surface area contributed by atoms with Crippen molar-refractivity contribution in [3.8, 4) is 17.0 Å². The van der Waals surface area contributed by atoms with Crippen LogP contribution in [0.2, 0.25) is 0 Å². The molecule has 0 aliphatic heterocycles. The molecule has 0 bridgehead atoms. The zero-order valence-electron chi connectivity index (χ0n) is 17.1. The molecule has 1 aromatic heterocycles. The largest absolute Gasteiger partial charge is 0.465 e. The number of hydrogen-bond acceptors (Lipinski definition) is 4. The van der Waals surface area contributed by atoms with Crippen molar-refractivity contribution in [2.24, 2.45) is 0 Å². The van der Waals surface area contributed by atoms with E-state index in [-0.39, 0.29) is 6.79 Å². The van der Waals surface area contributed by atoms with E-state index in [1.807, 2.05) is 24.3 Å². The second-order valence-electron chi connectivity index (χ2n) is 7.05. The highest BCUT2D eigenvalue weighted by Crippen LogP contribution is 2.28. The lowest BCUT2D eigenvalue weighted by Gasteiger charge is -2.11. The molecule has 4 rings (SSSR count). The fourth-order valence-corrected chi connectivity index (χ4v) is 3.38. The Hall–Kier alpha value is -3.21. The molecule has 0 unspecified atom stereocenters. The van der Waals surface area contributed by atoms with Crippen molar-refractivity contribution in [3.63, 3.8) is 0 Å². The number of fused-ring (bicyclic) bond motifs is 1. The van der Waals surface area contributed by atoms with E-state index in [1.54, 1.807) is 7.11 Å². The van der Waals surface area contributed by atoms with Gasteiger partial charge in [0, 0.05) is 18.1 Å². The van der Waals surface area contributed by atoms with Gasteiger partial charge in [-0.15, -0.1) is 0 Å². The van der Waals surface area contributed by atoms with Crippen LogP contribution in [0, 0.1) is 0 Å². The molecule has 0 saturated carbocycles. The van der Waals surface area contributed by atoms with Crippen molar-refractivity contribution in [3.05, 3.63) is 96.1 Å². The summed E-state index contributed by atoms with van der Waals surface area (Å²) >= 11 is 0. The maximum atomic E-state index is 5.82. The Balaban J connectivity index is 1.57. The molecule has 0 aliphatic rings. The summed E-state index contributed by atoms with van der Waals surface area (Å²) in [4.78, 5) is 4.90. The Morgan fingerprint density at radius 2 is 1.60 bits per heavy atom. The number of pyridine rings is 1. The Labute approximate surface area is 177 Å². The molecule has 1 heterocycles. The van der Waals surface area contributed by atoms with Crippen molar-refractivity contribution in [2.75, 3.05) is 27.1 Å². The van der Waals surface area contributed by atoms with Gasteiger partial charge in [0.15, 0.2) is 6.79 Å². The molecule has 0 amide bonds. The predicted molar refractivity (Wildman–Crippen MR) is 120 cm³/mol. The molecule has 30 heavy (non-hydrogen) atoms. The molecule has 4 heteroatoms. The van der Waals surface area contributed by atoms with E-state index >= 15 is 0 Å². The van der Waals surface area contributed by atoms with Crippen LogP contribution in [0.3, 0.4) is 0 Å². The summed E-state index contributed by atoms with van der Waals surface area (Å²) in [6.45, 7) is 1.20. The number of rotatable bonds is 9. The van der Waals surface area contributed by atoms with Crippen LogP contribution in [-0.4, -0.2) is 32.1 Å². The van der Waals surface area contributed by atoms with Gasteiger partial charge in [-0.1, -0.05) is 66.7 Å². The molecule has 0 atom stereocenters. The highest BCUT2D eigenvalue weighted by Gasteiger charge is 2.08. The number of para-hydroxylation sites is 1. The molecule has 4 nitrogen and oxygen atoms in total. The zero-order chi connectivity index (χ0) is 20.6. The number of nitrogens with zero attached hydrogens (tertiary/aromatic N) is 1. The number of hydrogen-bond donors (Lipinski definition) is 0. The second-order valence-corrected chi connectivity index (χ2v) is 7.05. The molecule has 0 saturated heterocycles. The highest BCUT2D eigenvalue weighted by molar-refractivity contribution is 5.86. The van der Waals surface area contributed by atoms with Crippen LogP contribution in [0.1, 0.15) is 11.1 Å². The van der Waals surface area contributed by atoms with Crippen LogP contribution in [0.25, 0.3) is 22.2 Å². The van der Waals surface area contributed by atoms with Gasteiger partial charge >= 0.3 is 0 Å². The molecule has 0 N–H and O–H groups in total. The summed E-state index contributed by atoms with van der Waals surface area (Å²) < 4.78 is 16.2. The number of ether oxygens (including phenoxy) is 3. The van der Waals surface area contributed by atoms with Gasteiger partial charge in [-0.05, 0) is 35.7 Å². The van der Waals surface area contributed by atoms with Crippen LogP contribution in [-0.2, 0) is 15.9 Å². The van der Waals surface area contributed by atoms with Crippen LogP contribution >= 0.6 is 0 Å². The van der Waals surface area contributed by atoms with Crippen molar-refractivity contribution >= 4 is 10.9 Å². The molecule has 0 spiro atoms. The van der Waals surface area contributed by atoms with E-state index in [9.17, 15) is 0 Å². The third-order valence-corrected chi connectivity index (χ3v) is 4.89. The second kappa shape index (κ2) is 10.0. The summed E-state index contributed by atoms with van der Waals surface area (Å²) in [7, 11) is 1.65. The van der Waals surface area contributed by atoms with E-state index in [0.717, 1.165) is 28.6 Å². The molecule has 152 valence electrons. The fraction of sp³-hybridized carbons (Fsp3) is 0.192. The Kier molecular flexibility index (Phi) is 6.70. The Morgan fingerprint density at radius 1 is 0.767 bits per heavy atom. The van der Waals surface area contributed by atoms with Crippen LogP contribution in [0.4, 0.5) is 0 Å². The van der Waals surface area contributed by atoms with E-state index in [2.05, 4.69) is 60.7 Å². The topological polar surface area (TPSA) is 40.6 Å². The van der Waals surface area contributed by atoms with Gasteiger partial charge in [0.05, 0.1) is 18.9 Å². The maximum absolute atomic E-state index is 5.82. The summed E-state index contributed by atoms with van der Waals surface area (Å²) in [6, 6.07) is 29.1. The Morgan fingerprint density at radius 3 is 2.47 bits per heavy atom. The lowest BCUT2D eigenvalue weighted by molar-refractivity contribution is -0.00787. The van der Waals surface area contributed by atoms with Crippen molar-refractivity contribution < 1.29 is 14.2 Å². The number of aromatic nitrogens is 1. The van der Waals surface area contributed by atoms with E-state index < -0.39 is 0 Å². The predicted octanol–water partition coefficient (Wildman–Crippen LogP) is 5.49. The molecule has 0 aliphatic carbocycles. The SMILES string of the molecule is COCCOCOc1cccc2ccc(-c3cccc(Cc4ccccc4)c3)nc12. The minimum absolute atomic E-state index is 0.168. The van der Waals surface area contributed by atoms with E-state index in [4.69, 9.17) is 19.2 Å². The Bertz CT molecular complexity index is 1100. The smallest absolute Gasteiger partial charge is 0.189 e. The number of benzene rings is 3. The number of methoxy groups -OCH3 is 1. The first-order valence-corrected chi connectivity index (χ1v) is 10.1.